The van der Waals surface area contributed by atoms with Gasteiger partial charge in [-0.05, 0) is 181 Å². The molecule has 18 aromatic carbocycles. The first kappa shape index (κ1) is 74.6. The predicted octanol–water partition coefficient (Wildman–Crippen LogP) is 30.2. The van der Waals surface area contributed by atoms with E-state index < -0.39 is 0 Å². The summed E-state index contributed by atoms with van der Waals surface area (Å²) in [6.07, 6.45) is 21.1. The van der Waals surface area contributed by atoms with Gasteiger partial charge >= 0.3 is 0 Å². The molecular formula is C124H76N18. The standard InChI is InChI=1S/C124H76N18/c1-9-25-109-93(17-1)101-57-61-105-97-21-5-13-29-113(97)139(89-65-125-73-126-66-89)121(105)117(101)135(109)85-49-41-81(42-50-85)133(82-43-51-86(52-44-82)136-110-26-10-2-18-94(110)102-58-62-106-98-22-6-14-30-114(98)140(122(106)118(102)136)90-67-127-74-128-68-90)79-37-33-77(34-38-79)78-35-39-80(40-36-78)134(83-45-53-87(54-46-83)137-111-27-11-3-19-95(111)103-59-63-107-99-23-7-15-31-115(99)141(123(107)119(103)137)91-69-129-75-130-70-91)84-47-55-88(56-48-84)138-112-28-12-4-20-96(112)104-60-64-108-100-24-8-16-32-116(100)142(124(108)120(104)138)92-71-131-76-132-72-92/h1-76H/i57D,58D,59D,60D. The molecule has 12 aromatic heterocycles. The summed E-state index contributed by atoms with van der Waals surface area (Å²) in [7, 11) is 0. The van der Waals surface area contributed by atoms with Gasteiger partial charge in [-0.15, -0.1) is 0 Å². The van der Waals surface area contributed by atoms with Crippen LogP contribution in [0.15, 0.2) is 463 Å². The second-order valence-electron chi connectivity index (χ2n) is 36.1. The maximum atomic E-state index is 9.93. The fourth-order valence-electron chi connectivity index (χ4n) is 22.9. The highest BCUT2D eigenvalue weighted by Crippen LogP contribution is 2.51. The van der Waals surface area contributed by atoms with Gasteiger partial charge in [0.1, 0.15) is 25.3 Å². The van der Waals surface area contributed by atoms with E-state index in [9.17, 15) is 5.48 Å². The van der Waals surface area contributed by atoms with Crippen LogP contribution in [0, 0.1) is 0 Å². The Bertz CT molecular complexity index is 9510. The second kappa shape index (κ2) is 30.9. The molecule has 12 heterocycles. The van der Waals surface area contributed by atoms with Crippen molar-refractivity contribution in [3.05, 3.63) is 463 Å². The van der Waals surface area contributed by atoms with Crippen LogP contribution in [0.4, 0.5) is 34.1 Å². The third-order valence-corrected chi connectivity index (χ3v) is 28.8. The Morgan fingerprint density at radius 3 is 0.493 bits per heavy atom. The van der Waals surface area contributed by atoms with Gasteiger partial charge in [0, 0.05) is 143 Å². The number of aromatic nitrogens is 16. The molecule has 0 aliphatic heterocycles. The van der Waals surface area contributed by atoms with Crippen LogP contribution in [0.3, 0.4) is 0 Å². The average molecular weight is 1820 g/mol. The Hall–Kier alpha value is -19.7. The topological polar surface area (TPSA) is 149 Å². The van der Waals surface area contributed by atoms with Crippen molar-refractivity contribution in [3.8, 4) is 56.6 Å². The fourth-order valence-corrected chi connectivity index (χ4v) is 22.9. The number of benzene rings is 18. The summed E-state index contributed by atoms with van der Waals surface area (Å²) < 4.78 is 58.0. The van der Waals surface area contributed by atoms with Gasteiger partial charge in [-0.3, -0.25) is 0 Å². The number of hydrogen-bond acceptors (Lipinski definition) is 10. The molecule has 0 N–H and O–H groups in total. The summed E-state index contributed by atoms with van der Waals surface area (Å²) in [6, 6.07) is 130. The van der Waals surface area contributed by atoms with E-state index in [-0.39, 0.29) is 0 Å². The lowest BCUT2D eigenvalue weighted by atomic mass is 10.0. The van der Waals surface area contributed by atoms with Crippen molar-refractivity contribution in [2.75, 3.05) is 9.80 Å². The summed E-state index contributed by atoms with van der Waals surface area (Å²) in [6.45, 7) is 0. The van der Waals surface area contributed by atoms with E-state index in [1.807, 2.05) is 73.8 Å². The van der Waals surface area contributed by atoms with Gasteiger partial charge in [0.05, 0.1) is 166 Å². The van der Waals surface area contributed by atoms with Gasteiger partial charge in [-0.25, -0.2) is 39.9 Å². The molecule has 0 amide bonds. The molecule has 0 fully saturated rings. The first-order valence-electron chi connectivity index (χ1n) is 49.3. The zero-order valence-electron chi connectivity index (χ0n) is 79.6. The predicted molar refractivity (Wildman–Crippen MR) is 578 cm³/mol. The summed E-state index contributed by atoms with van der Waals surface area (Å²) in [4.78, 5) is 41.0. The minimum absolute atomic E-state index is 0.432. The van der Waals surface area contributed by atoms with Gasteiger partial charge in [0.25, 0.3) is 0 Å². The average Bonchev–Trinajstić information content (AvgIpc) is 1.55. The molecule has 0 aliphatic rings. The van der Waals surface area contributed by atoms with Crippen molar-refractivity contribution in [3.63, 3.8) is 0 Å². The van der Waals surface area contributed by atoms with Crippen molar-refractivity contribution < 1.29 is 5.48 Å². The Labute approximate surface area is 814 Å². The van der Waals surface area contributed by atoms with E-state index in [0.29, 0.717) is 24.2 Å². The van der Waals surface area contributed by atoms with Gasteiger partial charge in [0.15, 0.2) is 0 Å². The highest BCUT2D eigenvalue weighted by Gasteiger charge is 2.30. The number of anilines is 6. The molecule has 0 unspecified atom stereocenters. The lowest BCUT2D eigenvalue weighted by Crippen LogP contribution is -2.10. The molecule has 0 radical (unpaired) electrons. The molecule has 0 atom stereocenters. The fraction of sp³-hybridized carbons (Fsp3) is 0. The summed E-state index contributed by atoms with van der Waals surface area (Å²) >= 11 is 0. The van der Waals surface area contributed by atoms with Crippen LogP contribution >= 0.6 is 0 Å². The number of para-hydroxylation sites is 8. The van der Waals surface area contributed by atoms with Crippen molar-refractivity contribution in [1.82, 2.24) is 76.4 Å². The molecule has 0 spiro atoms. The van der Waals surface area contributed by atoms with E-state index in [4.69, 9.17) is 0 Å². The Kier molecular flexibility index (Phi) is 16.2. The summed E-state index contributed by atoms with van der Waals surface area (Å²) in [5.74, 6) is 0. The molecule has 0 aliphatic carbocycles. The quantitative estimate of drug-likeness (QED) is 0.0971. The van der Waals surface area contributed by atoms with E-state index in [0.717, 1.165) is 265 Å². The molecule has 0 bridgehead atoms. The molecule has 30 rings (SSSR count). The lowest BCUT2D eigenvalue weighted by molar-refractivity contribution is 1.07. The van der Waals surface area contributed by atoms with Gasteiger partial charge in [-0.1, -0.05) is 218 Å². The zero-order chi connectivity index (χ0) is 96.4. The Morgan fingerprint density at radius 1 is 0.148 bits per heavy atom. The summed E-state index contributed by atoms with van der Waals surface area (Å²) in [5, 5.41) is 15.2. The van der Waals surface area contributed by atoms with Gasteiger partial charge < -0.3 is 46.3 Å². The smallest absolute Gasteiger partial charge is 0.115 e. The molecule has 18 heteroatoms. The van der Waals surface area contributed by atoms with Crippen LogP contribution in [0.1, 0.15) is 5.48 Å². The Balaban J connectivity index is 0.575. The monoisotopic (exact) mass is 1820 g/mol. The summed E-state index contributed by atoms with van der Waals surface area (Å²) in [5.41, 5.74) is 29.6. The molecular weight excluding hydrogens is 1740 g/mol. The minimum atomic E-state index is 0.432. The zero-order valence-corrected chi connectivity index (χ0v) is 75.6. The minimum Gasteiger partial charge on any atom is -0.311 e. The maximum absolute atomic E-state index is 9.93. The molecule has 18 nitrogen and oxygen atoms in total. The number of nitrogens with zero attached hydrogens (tertiary/aromatic N) is 18. The largest absolute Gasteiger partial charge is 0.311 e. The van der Waals surface area contributed by atoms with Crippen molar-refractivity contribution in [1.29, 1.82) is 0 Å². The highest BCUT2D eigenvalue weighted by molar-refractivity contribution is 6.29. The van der Waals surface area contributed by atoms with Crippen LogP contribution in [0.5, 0.6) is 0 Å². The Morgan fingerprint density at radius 2 is 0.303 bits per heavy atom. The third kappa shape index (κ3) is 11.6. The molecule has 0 saturated carbocycles. The van der Waals surface area contributed by atoms with Crippen LogP contribution in [0.25, 0.3) is 231 Å². The van der Waals surface area contributed by atoms with Crippen LogP contribution in [-0.2, 0) is 0 Å². The second-order valence-corrected chi connectivity index (χ2v) is 36.1. The molecule has 30 aromatic rings. The molecule has 662 valence electrons. The third-order valence-electron chi connectivity index (χ3n) is 28.8. The first-order valence-corrected chi connectivity index (χ1v) is 47.3. The van der Waals surface area contributed by atoms with Crippen LogP contribution < -0.4 is 9.80 Å². The maximum Gasteiger partial charge on any atom is 0.115 e. The lowest BCUT2D eigenvalue weighted by Gasteiger charge is -2.27. The van der Waals surface area contributed by atoms with Crippen molar-refractivity contribution in [2.45, 2.75) is 0 Å². The number of rotatable bonds is 15. The normalized spacial score (nSPS) is 12.5. The van der Waals surface area contributed by atoms with Crippen LogP contribution in [-0.4, -0.2) is 76.4 Å². The van der Waals surface area contributed by atoms with E-state index >= 15 is 0 Å². The SMILES string of the molecule is [2H]c1cc2c3ccccc3n(-c3cncnc3)c2c2c1c1ccccc1n2-c1ccc(N(c2ccc(-c3ccc(N(c4ccc(-n5c6ccccc6c6c([2H])cc7c8ccccc8n(-c8cncnc8)c7c65)cc4)c4ccc(-n5c6ccccc6c6c([2H])cc7c8ccccc8n(-c8cncnc8)c7c65)cc4)cc3)cc2)c2ccc(-n3c4ccccc4c4c([2H])cc5c6ccccc6n(-c6cncnc6)c5c43)cc2)cc1. The van der Waals surface area contributed by atoms with Gasteiger partial charge in [-0.2, -0.15) is 0 Å². The van der Waals surface area contributed by atoms with E-state index in [2.05, 4.69) is 426 Å². The number of fused-ring (bicyclic) bond motifs is 28. The number of hydrogen-bond donors (Lipinski definition) is 0. The first-order chi connectivity index (χ1) is 72.2. The van der Waals surface area contributed by atoms with Crippen molar-refractivity contribution >= 4 is 209 Å². The van der Waals surface area contributed by atoms with E-state index in [1.54, 1.807) is 25.3 Å². The van der Waals surface area contributed by atoms with Crippen molar-refractivity contribution in [2.24, 2.45) is 0 Å². The van der Waals surface area contributed by atoms with E-state index in [1.165, 1.54) is 0 Å². The molecule has 142 heavy (non-hydrogen) atoms. The van der Waals surface area contributed by atoms with Crippen LogP contribution in [0.2, 0.25) is 0 Å². The highest BCUT2D eigenvalue weighted by atomic mass is 15.2. The van der Waals surface area contributed by atoms with Gasteiger partial charge in [0.2, 0.25) is 0 Å². The molecule has 0 saturated heterocycles.